The van der Waals surface area contributed by atoms with Gasteiger partial charge in [-0.1, -0.05) is 57.8 Å². The SMILES string of the molecule is Cn1ncc2c(=O)n(CC(=O)NC3CCCCCCCCCCC3)cnc21. The number of aromatic nitrogens is 4. The maximum atomic E-state index is 12.5. The van der Waals surface area contributed by atoms with Gasteiger partial charge in [-0.25, -0.2) is 4.98 Å². The summed E-state index contributed by atoms with van der Waals surface area (Å²) < 4.78 is 2.93. The summed E-state index contributed by atoms with van der Waals surface area (Å²) in [4.78, 5) is 29.3. The molecule has 1 amide bonds. The predicted molar refractivity (Wildman–Crippen MR) is 105 cm³/mol. The second-order valence-corrected chi connectivity index (χ2v) is 7.71. The number of carbonyl (C=O) groups is 1. The molecule has 0 atom stereocenters. The molecule has 27 heavy (non-hydrogen) atoms. The van der Waals surface area contributed by atoms with E-state index in [-0.39, 0.29) is 24.1 Å². The lowest BCUT2D eigenvalue weighted by Crippen LogP contribution is -2.39. The summed E-state index contributed by atoms with van der Waals surface area (Å²) in [5, 5.41) is 7.66. The Morgan fingerprint density at radius 3 is 2.30 bits per heavy atom. The molecule has 148 valence electrons. The minimum Gasteiger partial charge on any atom is -0.352 e. The number of hydrogen-bond donors (Lipinski definition) is 1. The molecule has 1 N–H and O–H groups in total. The third-order valence-corrected chi connectivity index (χ3v) is 5.50. The van der Waals surface area contributed by atoms with Crippen LogP contribution in [0.3, 0.4) is 0 Å². The number of carbonyl (C=O) groups excluding carboxylic acids is 1. The Balaban J connectivity index is 1.59. The predicted octanol–water partition coefficient (Wildman–Crippen LogP) is 2.92. The summed E-state index contributed by atoms with van der Waals surface area (Å²) >= 11 is 0. The van der Waals surface area contributed by atoms with Crippen molar-refractivity contribution in [3.05, 3.63) is 22.9 Å². The van der Waals surface area contributed by atoms with Gasteiger partial charge >= 0.3 is 0 Å². The molecule has 3 rings (SSSR count). The van der Waals surface area contributed by atoms with Crippen LogP contribution in [-0.2, 0) is 18.4 Å². The average molecular weight is 374 g/mol. The Kier molecular flexibility index (Phi) is 7.01. The highest BCUT2D eigenvalue weighted by Crippen LogP contribution is 2.17. The van der Waals surface area contributed by atoms with Crippen LogP contribution in [0.4, 0.5) is 0 Å². The molecule has 1 saturated carbocycles. The van der Waals surface area contributed by atoms with E-state index in [0.717, 1.165) is 25.7 Å². The van der Waals surface area contributed by atoms with Crippen LogP contribution >= 0.6 is 0 Å². The van der Waals surface area contributed by atoms with Gasteiger partial charge in [-0.05, 0) is 12.8 Å². The zero-order valence-electron chi connectivity index (χ0n) is 16.3. The molecule has 0 unspecified atom stereocenters. The summed E-state index contributed by atoms with van der Waals surface area (Å²) in [5.74, 6) is -0.112. The minimum absolute atomic E-state index is 0.00711. The van der Waals surface area contributed by atoms with Gasteiger partial charge in [0.15, 0.2) is 5.65 Å². The highest BCUT2D eigenvalue weighted by atomic mass is 16.2. The second-order valence-electron chi connectivity index (χ2n) is 7.71. The number of hydrogen-bond acceptors (Lipinski definition) is 4. The standard InChI is InChI=1S/C20H31N5O2/c1-24-19-17(13-22-24)20(27)25(15-21-19)14-18(26)23-16-11-9-7-5-3-2-4-6-8-10-12-16/h13,15-16H,2-12,14H2,1H3,(H,23,26). The van der Waals surface area contributed by atoms with Crippen LogP contribution in [0.1, 0.15) is 70.6 Å². The van der Waals surface area contributed by atoms with Crippen LogP contribution in [0.5, 0.6) is 0 Å². The van der Waals surface area contributed by atoms with Gasteiger partial charge in [0.25, 0.3) is 5.56 Å². The lowest BCUT2D eigenvalue weighted by molar-refractivity contribution is -0.122. The first-order valence-corrected chi connectivity index (χ1v) is 10.3. The Morgan fingerprint density at radius 1 is 1.07 bits per heavy atom. The molecule has 0 saturated heterocycles. The van der Waals surface area contributed by atoms with E-state index < -0.39 is 0 Å². The van der Waals surface area contributed by atoms with Gasteiger partial charge in [-0.3, -0.25) is 18.8 Å². The highest BCUT2D eigenvalue weighted by molar-refractivity contribution is 5.77. The first kappa shape index (κ1) is 19.6. The molecule has 0 radical (unpaired) electrons. The van der Waals surface area contributed by atoms with Crippen molar-refractivity contribution in [1.82, 2.24) is 24.6 Å². The van der Waals surface area contributed by atoms with Crippen LogP contribution in [0.2, 0.25) is 0 Å². The van der Waals surface area contributed by atoms with Gasteiger partial charge in [0.05, 0.1) is 6.20 Å². The zero-order chi connectivity index (χ0) is 19.1. The highest BCUT2D eigenvalue weighted by Gasteiger charge is 2.15. The monoisotopic (exact) mass is 373 g/mol. The van der Waals surface area contributed by atoms with Crippen LogP contribution in [0, 0.1) is 0 Å². The molecule has 2 aromatic rings. The summed E-state index contributed by atoms with van der Waals surface area (Å²) in [7, 11) is 1.75. The van der Waals surface area contributed by atoms with Crippen molar-refractivity contribution < 1.29 is 4.79 Å². The number of amides is 1. The molecule has 1 aliphatic carbocycles. The molecule has 2 heterocycles. The van der Waals surface area contributed by atoms with Gasteiger partial charge in [0.1, 0.15) is 18.3 Å². The topological polar surface area (TPSA) is 81.8 Å². The molecule has 1 fully saturated rings. The fraction of sp³-hybridized carbons (Fsp3) is 0.700. The van der Waals surface area contributed by atoms with Crippen molar-refractivity contribution in [2.24, 2.45) is 7.05 Å². The summed E-state index contributed by atoms with van der Waals surface area (Å²) in [6.45, 7) is 0.00711. The van der Waals surface area contributed by atoms with Gasteiger partial charge in [-0.15, -0.1) is 0 Å². The van der Waals surface area contributed by atoms with Crippen LogP contribution < -0.4 is 10.9 Å². The molecule has 0 aliphatic heterocycles. The summed E-state index contributed by atoms with van der Waals surface area (Å²) in [5.41, 5.74) is 0.318. The van der Waals surface area contributed by atoms with Crippen LogP contribution in [0.15, 0.2) is 17.3 Å². The van der Waals surface area contributed by atoms with E-state index in [1.165, 1.54) is 62.0 Å². The first-order valence-electron chi connectivity index (χ1n) is 10.3. The quantitative estimate of drug-likeness (QED) is 0.897. The van der Waals surface area contributed by atoms with E-state index >= 15 is 0 Å². The fourth-order valence-corrected chi connectivity index (χ4v) is 3.91. The third-order valence-electron chi connectivity index (χ3n) is 5.50. The third kappa shape index (κ3) is 5.40. The van der Waals surface area contributed by atoms with Gasteiger partial charge < -0.3 is 5.32 Å². The maximum Gasteiger partial charge on any atom is 0.264 e. The Morgan fingerprint density at radius 2 is 1.67 bits per heavy atom. The number of nitrogens with zero attached hydrogens (tertiary/aromatic N) is 4. The van der Waals surface area contributed by atoms with Gasteiger partial charge in [0.2, 0.25) is 5.91 Å². The number of nitrogens with one attached hydrogen (secondary N) is 1. The molecule has 0 bridgehead atoms. The molecule has 1 aliphatic rings. The van der Waals surface area contributed by atoms with Crippen molar-refractivity contribution in [1.29, 1.82) is 0 Å². The Hall–Kier alpha value is -2.18. The van der Waals surface area contributed by atoms with Crippen molar-refractivity contribution in [3.63, 3.8) is 0 Å². The molecule has 2 aromatic heterocycles. The smallest absolute Gasteiger partial charge is 0.264 e. The molecule has 7 heteroatoms. The van der Waals surface area contributed by atoms with E-state index in [9.17, 15) is 9.59 Å². The normalized spacial score (nSPS) is 18.0. The van der Waals surface area contributed by atoms with Crippen molar-refractivity contribution in [3.8, 4) is 0 Å². The lowest BCUT2D eigenvalue weighted by Gasteiger charge is -2.20. The Bertz CT molecular complexity index is 798. The van der Waals surface area contributed by atoms with E-state index in [0.29, 0.717) is 11.0 Å². The van der Waals surface area contributed by atoms with Crippen LogP contribution in [0.25, 0.3) is 11.0 Å². The number of fused-ring (bicyclic) bond motifs is 1. The molecular formula is C20H31N5O2. The number of rotatable bonds is 3. The Labute approximate surface area is 160 Å². The molecule has 0 aromatic carbocycles. The molecule has 0 spiro atoms. The maximum absolute atomic E-state index is 12.5. The van der Waals surface area contributed by atoms with E-state index in [4.69, 9.17) is 0 Å². The summed E-state index contributed by atoms with van der Waals surface area (Å²) in [6, 6.07) is 0.211. The summed E-state index contributed by atoms with van der Waals surface area (Å²) in [6.07, 6.45) is 16.4. The first-order chi connectivity index (χ1) is 13.1. The fourth-order valence-electron chi connectivity index (χ4n) is 3.91. The van der Waals surface area contributed by atoms with E-state index in [1.54, 1.807) is 11.7 Å². The van der Waals surface area contributed by atoms with Crippen molar-refractivity contribution >= 4 is 16.9 Å². The van der Waals surface area contributed by atoms with Gasteiger partial charge in [-0.2, -0.15) is 5.10 Å². The largest absolute Gasteiger partial charge is 0.352 e. The van der Waals surface area contributed by atoms with Crippen molar-refractivity contribution in [2.75, 3.05) is 0 Å². The zero-order valence-corrected chi connectivity index (χ0v) is 16.3. The average Bonchev–Trinajstić information content (AvgIpc) is 3.01. The van der Waals surface area contributed by atoms with E-state index in [2.05, 4.69) is 15.4 Å². The van der Waals surface area contributed by atoms with Gasteiger partial charge in [0, 0.05) is 13.1 Å². The molecule has 7 nitrogen and oxygen atoms in total. The van der Waals surface area contributed by atoms with Crippen molar-refractivity contribution in [2.45, 2.75) is 83.2 Å². The lowest BCUT2D eigenvalue weighted by atomic mass is 9.98. The van der Waals surface area contributed by atoms with E-state index in [1.807, 2.05) is 0 Å². The van der Waals surface area contributed by atoms with Crippen LogP contribution in [-0.4, -0.2) is 31.3 Å². The minimum atomic E-state index is -0.220. The second kappa shape index (κ2) is 9.67. The molecular weight excluding hydrogens is 342 g/mol. The number of aryl methyl sites for hydroxylation is 1.